The summed E-state index contributed by atoms with van der Waals surface area (Å²) in [6.45, 7) is 3.20. The Morgan fingerprint density at radius 3 is 2.08 bits per heavy atom. The number of amides is 1. The number of carbonyl (C=O) groups excluding carboxylic acids is 1. The van der Waals surface area contributed by atoms with Crippen molar-refractivity contribution in [1.82, 2.24) is 10.6 Å². The highest BCUT2D eigenvalue weighted by atomic mass is 19.4. The van der Waals surface area contributed by atoms with Crippen molar-refractivity contribution in [2.24, 2.45) is 5.92 Å². The lowest BCUT2D eigenvalue weighted by atomic mass is 9.80. The SMILES string of the molecule is CN[C@]1(C)CC([C@@H]2CC[C@H](O[C@H](C)c3cc(C(F)(F)F)cc(C(F)(F)F)c3)[C@H]2c2ccc(F)cc2)NC1=O. The quantitative estimate of drug-likeness (QED) is 0.414. The molecule has 0 spiro atoms. The van der Waals surface area contributed by atoms with E-state index in [1.807, 2.05) is 0 Å². The van der Waals surface area contributed by atoms with Gasteiger partial charge in [0.15, 0.2) is 0 Å². The van der Waals surface area contributed by atoms with E-state index in [0.717, 1.165) is 5.56 Å². The number of benzene rings is 2. The Bertz CT molecular complexity index is 1130. The number of hydrogen-bond donors (Lipinski definition) is 2. The van der Waals surface area contributed by atoms with Crippen LogP contribution in [0.2, 0.25) is 0 Å². The van der Waals surface area contributed by atoms with Gasteiger partial charge in [-0.3, -0.25) is 4.79 Å². The Balaban J connectivity index is 1.65. The van der Waals surface area contributed by atoms with Gasteiger partial charge in [-0.25, -0.2) is 4.39 Å². The van der Waals surface area contributed by atoms with Gasteiger partial charge in [0.1, 0.15) is 5.82 Å². The maximum Gasteiger partial charge on any atom is 0.416 e. The van der Waals surface area contributed by atoms with Crippen LogP contribution in [-0.2, 0) is 21.9 Å². The highest BCUT2D eigenvalue weighted by Crippen LogP contribution is 2.48. The fraction of sp³-hybridized carbons (Fsp3) is 0.519. The Kier molecular flexibility index (Phi) is 7.57. The van der Waals surface area contributed by atoms with E-state index in [1.165, 1.54) is 19.1 Å². The number of rotatable bonds is 6. The molecule has 208 valence electrons. The van der Waals surface area contributed by atoms with E-state index in [-0.39, 0.29) is 35.4 Å². The third-order valence-electron chi connectivity index (χ3n) is 7.87. The molecule has 1 saturated heterocycles. The number of ether oxygens (including phenoxy) is 1. The molecule has 2 aromatic rings. The molecule has 6 atom stereocenters. The van der Waals surface area contributed by atoms with Crippen molar-refractivity contribution >= 4 is 5.91 Å². The second kappa shape index (κ2) is 10.1. The first kappa shape index (κ1) is 28.4. The van der Waals surface area contributed by atoms with Gasteiger partial charge in [-0.2, -0.15) is 26.3 Å². The number of carbonyl (C=O) groups is 1. The molecule has 0 bridgehead atoms. The summed E-state index contributed by atoms with van der Waals surface area (Å²) in [7, 11) is 1.69. The summed E-state index contributed by atoms with van der Waals surface area (Å²) in [5, 5.41) is 6.05. The third-order valence-corrected chi connectivity index (χ3v) is 7.87. The zero-order valence-electron chi connectivity index (χ0n) is 21.0. The Morgan fingerprint density at radius 2 is 1.58 bits per heavy atom. The van der Waals surface area contributed by atoms with Crippen LogP contribution < -0.4 is 10.6 Å². The second-order valence-corrected chi connectivity index (χ2v) is 10.3. The standard InChI is InChI=1S/C27H29F7N2O2/c1-14(16-10-17(26(29,30)31)12-18(11-16)27(32,33)34)38-22-9-8-20(21-13-25(2,35-3)24(37)36-21)23(22)15-4-6-19(28)7-5-15/h4-7,10-12,14,20-23,35H,8-9,13H2,1-3H3,(H,36,37)/t14-,20+,21?,22+,23+,25-/m1/s1. The van der Waals surface area contributed by atoms with Gasteiger partial charge in [-0.1, -0.05) is 12.1 Å². The lowest BCUT2D eigenvalue weighted by molar-refractivity contribution is -0.143. The highest BCUT2D eigenvalue weighted by molar-refractivity contribution is 5.88. The summed E-state index contributed by atoms with van der Waals surface area (Å²) in [6, 6.07) is 6.97. The fourth-order valence-corrected chi connectivity index (χ4v) is 5.68. The first-order chi connectivity index (χ1) is 17.6. The smallest absolute Gasteiger partial charge is 0.370 e. The highest BCUT2D eigenvalue weighted by Gasteiger charge is 2.50. The molecule has 1 unspecified atom stereocenters. The minimum Gasteiger partial charge on any atom is -0.370 e. The Labute approximate surface area is 215 Å². The van der Waals surface area contributed by atoms with E-state index in [1.54, 1.807) is 26.1 Å². The molecule has 1 saturated carbocycles. The van der Waals surface area contributed by atoms with Crippen LogP contribution in [0.15, 0.2) is 42.5 Å². The zero-order valence-corrected chi connectivity index (χ0v) is 21.0. The van der Waals surface area contributed by atoms with E-state index in [2.05, 4.69) is 10.6 Å². The summed E-state index contributed by atoms with van der Waals surface area (Å²) in [5.74, 6) is -1.11. The molecule has 38 heavy (non-hydrogen) atoms. The summed E-state index contributed by atoms with van der Waals surface area (Å²) < 4.78 is 100. The first-order valence-electron chi connectivity index (χ1n) is 12.3. The van der Waals surface area contributed by atoms with Crippen molar-refractivity contribution in [3.8, 4) is 0 Å². The molecular formula is C27H29F7N2O2. The van der Waals surface area contributed by atoms with E-state index >= 15 is 0 Å². The van der Waals surface area contributed by atoms with Crippen LogP contribution in [0.4, 0.5) is 30.7 Å². The van der Waals surface area contributed by atoms with Crippen molar-refractivity contribution in [1.29, 1.82) is 0 Å². The maximum absolute atomic E-state index is 13.7. The van der Waals surface area contributed by atoms with Gasteiger partial charge in [0.05, 0.1) is 28.9 Å². The molecule has 2 N–H and O–H groups in total. The van der Waals surface area contributed by atoms with Crippen LogP contribution in [0.3, 0.4) is 0 Å². The molecule has 1 aliphatic heterocycles. The molecule has 2 aliphatic rings. The lowest BCUT2D eigenvalue weighted by Gasteiger charge is -2.31. The number of hydrogen-bond acceptors (Lipinski definition) is 3. The van der Waals surface area contributed by atoms with Crippen LogP contribution in [0.25, 0.3) is 0 Å². The van der Waals surface area contributed by atoms with Gasteiger partial charge in [0, 0.05) is 12.0 Å². The fourth-order valence-electron chi connectivity index (χ4n) is 5.68. The predicted molar refractivity (Wildman–Crippen MR) is 126 cm³/mol. The monoisotopic (exact) mass is 546 g/mol. The van der Waals surface area contributed by atoms with Gasteiger partial charge >= 0.3 is 12.4 Å². The first-order valence-corrected chi connectivity index (χ1v) is 12.3. The minimum absolute atomic E-state index is 0.0880. The van der Waals surface area contributed by atoms with Crippen molar-refractivity contribution < 1.29 is 40.3 Å². The molecule has 2 fully saturated rings. The van der Waals surface area contributed by atoms with Crippen molar-refractivity contribution in [2.75, 3.05) is 7.05 Å². The van der Waals surface area contributed by atoms with Crippen molar-refractivity contribution in [3.05, 3.63) is 70.5 Å². The van der Waals surface area contributed by atoms with E-state index in [9.17, 15) is 35.5 Å². The number of alkyl halides is 6. The Hall–Kier alpha value is -2.66. The number of likely N-dealkylation sites (N-methyl/N-ethyl adjacent to an activating group) is 1. The van der Waals surface area contributed by atoms with Crippen LogP contribution in [0.1, 0.15) is 67.4 Å². The average molecular weight is 547 g/mol. The largest absolute Gasteiger partial charge is 0.416 e. The molecule has 1 aliphatic carbocycles. The Morgan fingerprint density at radius 1 is 1.00 bits per heavy atom. The number of nitrogens with one attached hydrogen (secondary N) is 2. The van der Waals surface area contributed by atoms with Crippen molar-refractivity contribution in [2.45, 2.75) is 75.2 Å². The predicted octanol–water partition coefficient (Wildman–Crippen LogP) is 6.37. The molecule has 2 aromatic carbocycles. The maximum atomic E-state index is 13.7. The summed E-state index contributed by atoms with van der Waals surface area (Å²) in [5.41, 5.74) is -3.12. The van der Waals surface area contributed by atoms with Crippen LogP contribution >= 0.6 is 0 Å². The average Bonchev–Trinajstić information content (AvgIpc) is 3.39. The van der Waals surface area contributed by atoms with E-state index in [0.29, 0.717) is 31.4 Å². The van der Waals surface area contributed by atoms with Crippen LogP contribution in [-0.4, -0.2) is 30.6 Å². The van der Waals surface area contributed by atoms with Gasteiger partial charge < -0.3 is 15.4 Å². The zero-order chi connectivity index (χ0) is 28.0. The second-order valence-electron chi connectivity index (χ2n) is 10.3. The van der Waals surface area contributed by atoms with Crippen molar-refractivity contribution in [3.63, 3.8) is 0 Å². The summed E-state index contributed by atoms with van der Waals surface area (Å²) in [4.78, 5) is 12.6. The molecule has 11 heteroatoms. The normalized spacial score (nSPS) is 28.9. The minimum atomic E-state index is -4.97. The lowest BCUT2D eigenvalue weighted by Crippen LogP contribution is -2.46. The molecule has 4 nitrogen and oxygen atoms in total. The summed E-state index contributed by atoms with van der Waals surface area (Å²) in [6.07, 6.45) is -10.1. The molecule has 4 rings (SSSR count). The molecular weight excluding hydrogens is 517 g/mol. The number of halogens is 7. The van der Waals surface area contributed by atoms with Gasteiger partial charge in [0.25, 0.3) is 0 Å². The van der Waals surface area contributed by atoms with E-state index in [4.69, 9.17) is 4.74 Å². The third kappa shape index (κ3) is 5.68. The van der Waals surface area contributed by atoms with Gasteiger partial charge in [-0.15, -0.1) is 0 Å². The van der Waals surface area contributed by atoms with E-state index < -0.39 is 47.0 Å². The van der Waals surface area contributed by atoms with Crippen LogP contribution in [0, 0.1) is 11.7 Å². The van der Waals surface area contributed by atoms with Gasteiger partial charge in [0.2, 0.25) is 5.91 Å². The molecule has 1 amide bonds. The van der Waals surface area contributed by atoms with Gasteiger partial charge in [-0.05, 0) is 87.5 Å². The van der Waals surface area contributed by atoms with Crippen LogP contribution in [0.5, 0.6) is 0 Å². The summed E-state index contributed by atoms with van der Waals surface area (Å²) >= 11 is 0. The molecule has 1 heterocycles. The molecule has 0 aromatic heterocycles. The topological polar surface area (TPSA) is 50.4 Å². The molecule has 0 radical (unpaired) electrons.